The highest BCUT2D eigenvalue weighted by molar-refractivity contribution is 5.91. The summed E-state index contributed by atoms with van der Waals surface area (Å²) in [6, 6.07) is 4.00. The summed E-state index contributed by atoms with van der Waals surface area (Å²) in [6.07, 6.45) is 3.42. The topological polar surface area (TPSA) is 29.5 Å². The molecule has 0 bridgehead atoms. The van der Waals surface area contributed by atoms with E-state index in [4.69, 9.17) is 4.74 Å². The third-order valence-electron chi connectivity index (χ3n) is 2.63. The Hall–Kier alpha value is -1.77. The second kappa shape index (κ2) is 5.53. The van der Waals surface area contributed by atoms with Gasteiger partial charge in [-0.15, -0.1) is 0 Å². The average Bonchev–Trinajstić information content (AvgIpc) is 2.29. The molecule has 3 nitrogen and oxygen atoms in total. The Kier molecular flexibility index (Phi) is 4.32. The standard InChI is InChI=1S/C14H19NO2/c1-10-9-13(17-5)11(2)8-12(10)6-7-14(16)15(3)4/h6-9H,1-5H3. The number of rotatable bonds is 3. The number of nitrogens with zero attached hydrogens (tertiary/aromatic N) is 1. The molecule has 0 heterocycles. The highest BCUT2D eigenvalue weighted by Crippen LogP contribution is 2.23. The van der Waals surface area contributed by atoms with Crippen molar-refractivity contribution in [1.82, 2.24) is 4.90 Å². The second-order valence-corrected chi connectivity index (χ2v) is 4.24. The fourth-order valence-electron chi connectivity index (χ4n) is 1.52. The molecule has 0 atom stereocenters. The van der Waals surface area contributed by atoms with E-state index in [1.165, 1.54) is 0 Å². The van der Waals surface area contributed by atoms with Crippen molar-refractivity contribution in [2.75, 3.05) is 21.2 Å². The maximum atomic E-state index is 11.4. The molecule has 0 aliphatic carbocycles. The largest absolute Gasteiger partial charge is 0.496 e. The Balaban J connectivity index is 3.00. The Labute approximate surface area is 103 Å². The van der Waals surface area contributed by atoms with Crippen LogP contribution in [0.3, 0.4) is 0 Å². The molecule has 0 aliphatic heterocycles. The fourth-order valence-corrected chi connectivity index (χ4v) is 1.52. The zero-order valence-electron chi connectivity index (χ0n) is 11.1. The molecule has 1 aromatic carbocycles. The van der Waals surface area contributed by atoms with Crippen molar-refractivity contribution in [3.05, 3.63) is 34.9 Å². The van der Waals surface area contributed by atoms with Gasteiger partial charge in [-0.1, -0.05) is 0 Å². The molecular weight excluding hydrogens is 214 g/mol. The quantitative estimate of drug-likeness (QED) is 0.750. The lowest BCUT2D eigenvalue weighted by molar-refractivity contribution is -0.123. The number of amides is 1. The molecule has 0 aromatic heterocycles. The van der Waals surface area contributed by atoms with Crippen molar-refractivity contribution in [1.29, 1.82) is 0 Å². The summed E-state index contributed by atoms with van der Waals surface area (Å²) in [7, 11) is 5.13. The normalized spacial score (nSPS) is 10.6. The number of methoxy groups -OCH3 is 1. The number of likely N-dealkylation sites (N-methyl/N-ethyl adjacent to an activating group) is 1. The maximum Gasteiger partial charge on any atom is 0.246 e. The molecule has 0 saturated carbocycles. The number of aryl methyl sites for hydroxylation is 2. The lowest BCUT2D eigenvalue weighted by Gasteiger charge is -2.09. The van der Waals surface area contributed by atoms with E-state index in [0.717, 1.165) is 22.4 Å². The van der Waals surface area contributed by atoms with Crippen LogP contribution < -0.4 is 4.74 Å². The lowest BCUT2D eigenvalue weighted by Crippen LogP contribution is -2.18. The van der Waals surface area contributed by atoms with Gasteiger partial charge in [0, 0.05) is 20.2 Å². The Morgan fingerprint density at radius 3 is 2.41 bits per heavy atom. The van der Waals surface area contributed by atoms with Gasteiger partial charge in [0.05, 0.1) is 7.11 Å². The molecule has 1 amide bonds. The van der Waals surface area contributed by atoms with Crippen LogP contribution in [-0.4, -0.2) is 32.0 Å². The van der Waals surface area contributed by atoms with Gasteiger partial charge >= 0.3 is 0 Å². The van der Waals surface area contributed by atoms with Crippen LogP contribution >= 0.6 is 0 Å². The summed E-state index contributed by atoms with van der Waals surface area (Å²) in [6.45, 7) is 3.99. The first-order valence-electron chi connectivity index (χ1n) is 5.50. The van der Waals surface area contributed by atoms with Crippen LogP contribution in [0.15, 0.2) is 18.2 Å². The van der Waals surface area contributed by atoms with E-state index in [1.54, 1.807) is 32.2 Å². The first-order chi connectivity index (χ1) is 7.95. The molecule has 1 aromatic rings. The van der Waals surface area contributed by atoms with Crippen LogP contribution in [0, 0.1) is 13.8 Å². The Bertz CT molecular complexity index is 448. The summed E-state index contributed by atoms with van der Waals surface area (Å²) in [5.74, 6) is 0.858. The number of hydrogen-bond donors (Lipinski definition) is 0. The zero-order valence-corrected chi connectivity index (χ0v) is 11.1. The molecule has 0 aliphatic rings. The summed E-state index contributed by atoms with van der Waals surface area (Å²) >= 11 is 0. The van der Waals surface area contributed by atoms with E-state index >= 15 is 0 Å². The minimum absolute atomic E-state index is 0.0159. The van der Waals surface area contributed by atoms with Crippen LogP contribution in [0.2, 0.25) is 0 Å². The smallest absolute Gasteiger partial charge is 0.246 e. The van der Waals surface area contributed by atoms with Gasteiger partial charge in [0.2, 0.25) is 5.91 Å². The number of carbonyl (C=O) groups excluding carboxylic acids is 1. The van der Waals surface area contributed by atoms with Crippen LogP contribution in [0.1, 0.15) is 16.7 Å². The van der Waals surface area contributed by atoms with Crippen LogP contribution in [-0.2, 0) is 4.79 Å². The van der Waals surface area contributed by atoms with Gasteiger partial charge in [-0.25, -0.2) is 0 Å². The van der Waals surface area contributed by atoms with Gasteiger partial charge < -0.3 is 9.64 Å². The highest BCUT2D eigenvalue weighted by atomic mass is 16.5. The van der Waals surface area contributed by atoms with Crippen molar-refractivity contribution in [3.8, 4) is 5.75 Å². The minimum atomic E-state index is -0.0159. The zero-order chi connectivity index (χ0) is 13.0. The fraction of sp³-hybridized carbons (Fsp3) is 0.357. The van der Waals surface area contributed by atoms with Crippen molar-refractivity contribution in [2.45, 2.75) is 13.8 Å². The third kappa shape index (κ3) is 3.34. The first-order valence-corrected chi connectivity index (χ1v) is 5.50. The van der Waals surface area contributed by atoms with Crippen molar-refractivity contribution < 1.29 is 9.53 Å². The number of carbonyl (C=O) groups is 1. The van der Waals surface area contributed by atoms with Crippen molar-refractivity contribution in [2.24, 2.45) is 0 Å². The molecular formula is C14H19NO2. The van der Waals surface area contributed by atoms with Crippen LogP contribution in [0.25, 0.3) is 6.08 Å². The Morgan fingerprint density at radius 1 is 1.24 bits per heavy atom. The van der Waals surface area contributed by atoms with E-state index in [2.05, 4.69) is 0 Å². The van der Waals surface area contributed by atoms with E-state index in [-0.39, 0.29) is 5.91 Å². The number of ether oxygens (including phenoxy) is 1. The van der Waals surface area contributed by atoms with Gasteiger partial charge in [-0.3, -0.25) is 4.79 Å². The molecule has 0 spiro atoms. The third-order valence-corrected chi connectivity index (χ3v) is 2.63. The van der Waals surface area contributed by atoms with E-state index in [1.807, 2.05) is 32.1 Å². The average molecular weight is 233 g/mol. The molecule has 1 rings (SSSR count). The van der Waals surface area contributed by atoms with E-state index in [0.29, 0.717) is 0 Å². The van der Waals surface area contributed by atoms with Crippen LogP contribution in [0.5, 0.6) is 5.75 Å². The molecule has 0 radical (unpaired) electrons. The van der Waals surface area contributed by atoms with Crippen molar-refractivity contribution in [3.63, 3.8) is 0 Å². The molecule has 0 N–H and O–H groups in total. The minimum Gasteiger partial charge on any atom is -0.496 e. The number of hydrogen-bond acceptors (Lipinski definition) is 2. The molecule has 0 unspecified atom stereocenters. The summed E-state index contributed by atoms with van der Waals surface area (Å²) < 4.78 is 5.25. The van der Waals surface area contributed by atoms with Gasteiger partial charge in [0.15, 0.2) is 0 Å². The summed E-state index contributed by atoms with van der Waals surface area (Å²) in [5.41, 5.74) is 3.20. The molecule has 0 fully saturated rings. The maximum absolute atomic E-state index is 11.4. The predicted octanol–water partition coefficient (Wildman–Crippen LogP) is 2.41. The second-order valence-electron chi connectivity index (χ2n) is 4.24. The van der Waals surface area contributed by atoms with Gasteiger partial charge in [0.25, 0.3) is 0 Å². The molecule has 0 saturated heterocycles. The molecule has 17 heavy (non-hydrogen) atoms. The van der Waals surface area contributed by atoms with E-state index < -0.39 is 0 Å². The lowest BCUT2D eigenvalue weighted by atomic mass is 10.0. The summed E-state index contributed by atoms with van der Waals surface area (Å²) in [4.78, 5) is 13.0. The first kappa shape index (κ1) is 13.3. The molecule has 3 heteroatoms. The summed E-state index contributed by atoms with van der Waals surface area (Å²) in [5, 5.41) is 0. The van der Waals surface area contributed by atoms with Crippen LogP contribution in [0.4, 0.5) is 0 Å². The number of benzene rings is 1. The predicted molar refractivity (Wildman–Crippen MR) is 70.2 cm³/mol. The monoisotopic (exact) mass is 233 g/mol. The Morgan fingerprint density at radius 2 is 1.88 bits per heavy atom. The van der Waals surface area contributed by atoms with E-state index in [9.17, 15) is 4.79 Å². The van der Waals surface area contributed by atoms with Gasteiger partial charge in [0.1, 0.15) is 5.75 Å². The van der Waals surface area contributed by atoms with Crippen molar-refractivity contribution >= 4 is 12.0 Å². The highest BCUT2D eigenvalue weighted by Gasteiger charge is 2.03. The molecule has 92 valence electrons. The van der Waals surface area contributed by atoms with Gasteiger partial charge in [-0.2, -0.15) is 0 Å². The SMILES string of the molecule is COc1cc(C)c(C=CC(=O)N(C)C)cc1C. The van der Waals surface area contributed by atoms with Gasteiger partial charge in [-0.05, 0) is 48.7 Å².